The standard InChI is InChI=1S/C10H10N2/c1-7-9-5-3-4-6-10(9)12-8(2)11-7/h3-6H,1H2,2H3,(H,11,12). The van der Waals surface area contributed by atoms with Crippen LogP contribution < -0.4 is 5.32 Å². The summed E-state index contributed by atoms with van der Waals surface area (Å²) in [5.74, 6) is 0.902. The van der Waals surface area contributed by atoms with Crippen LogP contribution >= 0.6 is 0 Å². The summed E-state index contributed by atoms with van der Waals surface area (Å²) in [7, 11) is 0. The van der Waals surface area contributed by atoms with Gasteiger partial charge in [0.05, 0.1) is 5.69 Å². The zero-order chi connectivity index (χ0) is 8.55. The van der Waals surface area contributed by atoms with Crippen LogP contribution in [-0.4, -0.2) is 5.84 Å². The number of hydrogen-bond donors (Lipinski definition) is 1. The van der Waals surface area contributed by atoms with E-state index in [1.54, 1.807) is 0 Å². The predicted molar refractivity (Wildman–Crippen MR) is 51.4 cm³/mol. The molecular formula is C10H10N2. The van der Waals surface area contributed by atoms with E-state index in [1.165, 1.54) is 0 Å². The van der Waals surface area contributed by atoms with Crippen molar-refractivity contribution in [1.82, 2.24) is 5.32 Å². The highest BCUT2D eigenvalue weighted by atomic mass is 15.0. The lowest BCUT2D eigenvalue weighted by atomic mass is 10.1. The lowest BCUT2D eigenvalue weighted by molar-refractivity contribution is 1.21. The van der Waals surface area contributed by atoms with Gasteiger partial charge in [0.1, 0.15) is 5.84 Å². The Balaban J connectivity index is 2.62. The van der Waals surface area contributed by atoms with E-state index >= 15 is 0 Å². The zero-order valence-corrected chi connectivity index (χ0v) is 6.96. The van der Waals surface area contributed by atoms with E-state index in [0.717, 1.165) is 22.8 Å². The van der Waals surface area contributed by atoms with Gasteiger partial charge in [-0.05, 0) is 13.0 Å². The molecule has 0 unspecified atom stereocenters. The van der Waals surface area contributed by atoms with Crippen molar-refractivity contribution in [3.63, 3.8) is 0 Å². The molecule has 1 aliphatic rings. The van der Waals surface area contributed by atoms with E-state index in [2.05, 4.69) is 16.9 Å². The molecule has 0 spiro atoms. The SMILES string of the molecule is C=C1NC(C)=Nc2ccccc21. The van der Waals surface area contributed by atoms with Crippen molar-refractivity contribution in [3.8, 4) is 0 Å². The highest BCUT2D eigenvalue weighted by Crippen LogP contribution is 2.26. The van der Waals surface area contributed by atoms with Crippen molar-refractivity contribution < 1.29 is 0 Å². The average Bonchev–Trinajstić information content (AvgIpc) is 2.04. The van der Waals surface area contributed by atoms with Gasteiger partial charge in [-0.2, -0.15) is 0 Å². The summed E-state index contributed by atoms with van der Waals surface area (Å²) in [6, 6.07) is 7.97. The molecule has 1 N–H and O–H groups in total. The van der Waals surface area contributed by atoms with Crippen molar-refractivity contribution in [2.24, 2.45) is 4.99 Å². The van der Waals surface area contributed by atoms with E-state index in [4.69, 9.17) is 0 Å². The maximum atomic E-state index is 4.34. The molecule has 1 aromatic rings. The molecule has 0 aliphatic carbocycles. The highest BCUT2D eigenvalue weighted by molar-refractivity contribution is 5.96. The molecule has 1 aromatic carbocycles. The lowest BCUT2D eigenvalue weighted by Crippen LogP contribution is -2.20. The smallest absolute Gasteiger partial charge is 0.103 e. The summed E-state index contributed by atoms with van der Waals surface area (Å²) < 4.78 is 0. The van der Waals surface area contributed by atoms with Gasteiger partial charge >= 0.3 is 0 Å². The van der Waals surface area contributed by atoms with Crippen LogP contribution in [0.15, 0.2) is 35.8 Å². The first-order chi connectivity index (χ1) is 5.77. The van der Waals surface area contributed by atoms with Crippen LogP contribution in [0.2, 0.25) is 0 Å². The first kappa shape index (κ1) is 7.10. The first-order valence-corrected chi connectivity index (χ1v) is 3.88. The van der Waals surface area contributed by atoms with Crippen molar-refractivity contribution in [2.45, 2.75) is 6.92 Å². The molecule has 0 radical (unpaired) electrons. The third kappa shape index (κ3) is 1.01. The molecule has 2 nitrogen and oxygen atoms in total. The minimum atomic E-state index is 0.902. The van der Waals surface area contributed by atoms with Crippen LogP contribution in [0.3, 0.4) is 0 Å². The van der Waals surface area contributed by atoms with Crippen molar-refractivity contribution in [3.05, 3.63) is 36.4 Å². The van der Waals surface area contributed by atoms with E-state index in [-0.39, 0.29) is 0 Å². The van der Waals surface area contributed by atoms with Crippen LogP contribution in [0.25, 0.3) is 5.70 Å². The van der Waals surface area contributed by atoms with Gasteiger partial charge in [0.2, 0.25) is 0 Å². The van der Waals surface area contributed by atoms with E-state index in [1.807, 2.05) is 31.2 Å². The zero-order valence-electron chi connectivity index (χ0n) is 6.96. The third-order valence-corrected chi connectivity index (χ3v) is 1.85. The molecule has 12 heavy (non-hydrogen) atoms. The minimum Gasteiger partial charge on any atom is -0.344 e. The van der Waals surface area contributed by atoms with E-state index < -0.39 is 0 Å². The summed E-state index contributed by atoms with van der Waals surface area (Å²) >= 11 is 0. The van der Waals surface area contributed by atoms with Crippen molar-refractivity contribution in [2.75, 3.05) is 0 Å². The predicted octanol–water partition coefficient (Wildman–Crippen LogP) is 2.31. The number of fused-ring (bicyclic) bond motifs is 1. The second-order valence-electron chi connectivity index (χ2n) is 2.82. The van der Waals surface area contributed by atoms with Gasteiger partial charge in [-0.1, -0.05) is 24.8 Å². The summed E-state index contributed by atoms with van der Waals surface area (Å²) in [5, 5.41) is 3.09. The first-order valence-electron chi connectivity index (χ1n) is 3.88. The Kier molecular flexibility index (Phi) is 1.47. The van der Waals surface area contributed by atoms with Gasteiger partial charge in [0.15, 0.2) is 0 Å². The van der Waals surface area contributed by atoms with Crippen LogP contribution in [0.5, 0.6) is 0 Å². The fourth-order valence-corrected chi connectivity index (χ4v) is 1.32. The van der Waals surface area contributed by atoms with Crippen LogP contribution in [-0.2, 0) is 0 Å². The number of aliphatic imine (C=N–C) groups is 1. The molecule has 0 fully saturated rings. The number of para-hydroxylation sites is 1. The minimum absolute atomic E-state index is 0.902. The van der Waals surface area contributed by atoms with Gasteiger partial charge in [-0.3, -0.25) is 0 Å². The largest absolute Gasteiger partial charge is 0.344 e. The van der Waals surface area contributed by atoms with Gasteiger partial charge in [0.25, 0.3) is 0 Å². The number of rotatable bonds is 0. The summed E-state index contributed by atoms with van der Waals surface area (Å²) in [6.07, 6.45) is 0. The highest BCUT2D eigenvalue weighted by Gasteiger charge is 2.09. The Bertz CT molecular complexity index is 364. The van der Waals surface area contributed by atoms with E-state index in [9.17, 15) is 0 Å². The van der Waals surface area contributed by atoms with E-state index in [0.29, 0.717) is 0 Å². The molecule has 0 bridgehead atoms. The Morgan fingerprint density at radius 2 is 2.08 bits per heavy atom. The van der Waals surface area contributed by atoms with Gasteiger partial charge in [-0.25, -0.2) is 4.99 Å². The normalized spacial score (nSPS) is 14.8. The van der Waals surface area contributed by atoms with Crippen LogP contribution in [0, 0.1) is 0 Å². The fourth-order valence-electron chi connectivity index (χ4n) is 1.32. The molecule has 1 heterocycles. The summed E-state index contributed by atoms with van der Waals surface area (Å²) in [5.41, 5.74) is 3.01. The lowest BCUT2D eigenvalue weighted by Gasteiger charge is -2.16. The molecule has 1 aliphatic heterocycles. The van der Waals surface area contributed by atoms with Crippen LogP contribution in [0.1, 0.15) is 12.5 Å². The molecule has 0 amide bonds. The number of nitrogens with zero attached hydrogens (tertiary/aromatic N) is 1. The van der Waals surface area contributed by atoms with Crippen molar-refractivity contribution >= 4 is 17.2 Å². The molecular weight excluding hydrogens is 148 g/mol. The number of nitrogens with one attached hydrogen (secondary N) is 1. The monoisotopic (exact) mass is 158 g/mol. The third-order valence-electron chi connectivity index (χ3n) is 1.85. The fraction of sp³-hybridized carbons (Fsp3) is 0.100. The molecule has 60 valence electrons. The Labute approximate surface area is 71.6 Å². The number of amidine groups is 1. The second-order valence-corrected chi connectivity index (χ2v) is 2.82. The number of benzene rings is 1. The molecule has 0 saturated heterocycles. The topological polar surface area (TPSA) is 24.4 Å². The summed E-state index contributed by atoms with van der Waals surface area (Å²) in [4.78, 5) is 4.34. The van der Waals surface area contributed by atoms with Gasteiger partial charge in [0, 0.05) is 11.3 Å². The summed E-state index contributed by atoms with van der Waals surface area (Å²) in [6.45, 7) is 5.85. The quantitative estimate of drug-likeness (QED) is 0.615. The maximum Gasteiger partial charge on any atom is 0.103 e. The molecule has 2 heteroatoms. The molecule has 0 atom stereocenters. The maximum absolute atomic E-state index is 4.34. The van der Waals surface area contributed by atoms with Gasteiger partial charge in [-0.15, -0.1) is 0 Å². The average molecular weight is 158 g/mol. The number of hydrogen-bond acceptors (Lipinski definition) is 2. The Hall–Kier alpha value is -1.57. The second kappa shape index (κ2) is 2.48. The molecule has 2 rings (SSSR count). The van der Waals surface area contributed by atoms with Crippen LogP contribution in [0.4, 0.5) is 5.69 Å². The Morgan fingerprint density at radius 3 is 2.92 bits per heavy atom. The van der Waals surface area contributed by atoms with Gasteiger partial charge < -0.3 is 5.32 Å². The molecule has 0 aromatic heterocycles. The molecule has 0 saturated carbocycles. The Morgan fingerprint density at radius 1 is 1.33 bits per heavy atom. The van der Waals surface area contributed by atoms with Crippen molar-refractivity contribution in [1.29, 1.82) is 0 Å².